The Labute approximate surface area is 193 Å². The zero-order valence-corrected chi connectivity index (χ0v) is 21.1. The van der Waals surface area contributed by atoms with Crippen molar-refractivity contribution >= 4 is 11.9 Å². The summed E-state index contributed by atoms with van der Waals surface area (Å²) in [6.07, 6.45) is 21.8. The molecule has 0 aliphatic rings. The molecule has 0 bridgehead atoms. The van der Waals surface area contributed by atoms with Crippen LogP contribution < -0.4 is 0 Å². The molecule has 0 radical (unpaired) electrons. The van der Waals surface area contributed by atoms with E-state index in [0.717, 1.165) is 64.2 Å². The fourth-order valence-corrected chi connectivity index (χ4v) is 3.83. The Morgan fingerprint density at radius 3 is 1.58 bits per heavy atom. The lowest BCUT2D eigenvalue weighted by Gasteiger charge is -2.15. The second-order valence-corrected chi connectivity index (χ2v) is 8.98. The van der Waals surface area contributed by atoms with E-state index in [1.165, 1.54) is 51.4 Å². The number of hydrogen-bond acceptors (Lipinski definition) is 4. The van der Waals surface area contributed by atoms with E-state index in [0.29, 0.717) is 19.4 Å². The number of carbonyl (C=O) groups excluding carboxylic acids is 2. The van der Waals surface area contributed by atoms with E-state index in [9.17, 15) is 9.59 Å². The van der Waals surface area contributed by atoms with Crippen LogP contribution in [-0.4, -0.2) is 24.6 Å². The summed E-state index contributed by atoms with van der Waals surface area (Å²) in [7, 11) is 0. The van der Waals surface area contributed by atoms with Gasteiger partial charge in [-0.2, -0.15) is 0 Å². The first-order chi connectivity index (χ1) is 15.1. The molecule has 0 heterocycles. The Morgan fingerprint density at radius 1 is 0.581 bits per heavy atom. The minimum atomic E-state index is -0.0463. The summed E-state index contributed by atoms with van der Waals surface area (Å²) in [5.74, 6) is -0.0881. The quantitative estimate of drug-likeness (QED) is 0.118. The molecule has 0 aromatic carbocycles. The molecule has 0 aliphatic carbocycles. The van der Waals surface area contributed by atoms with Crippen molar-refractivity contribution in [3.05, 3.63) is 0 Å². The van der Waals surface area contributed by atoms with Gasteiger partial charge in [0.15, 0.2) is 0 Å². The molecule has 0 aromatic heterocycles. The number of rotatable bonds is 23. The van der Waals surface area contributed by atoms with Gasteiger partial charge in [0.1, 0.15) is 6.10 Å². The molecule has 0 amide bonds. The van der Waals surface area contributed by atoms with Gasteiger partial charge < -0.3 is 9.47 Å². The summed E-state index contributed by atoms with van der Waals surface area (Å²) in [5.41, 5.74) is 0. The van der Waals surface area contributed by atoms with Gasteiger partial charge in [-0.1, -0.05) is 104 Å². The molecule has 184 valence electrons. The number of hydrogen-bond donors (Lipinski definition) is 0. The SMILES string of the molecule is CCCCCCCCCCCOC(=O)CCCCCCCCC(=O)OC(CC)CCC. The highest BCUT2D eigenvalue weighted by Crippen LogP contribution is 2.13. The molecule has 0 aliphatic heterocycles. The van der Waals surface area contributed by atoms with Gasteiger partial charge in [0, 0.05) is 12.8 Å². The first-order valence-electron chi connectivity index (χ1n) is 13.5. The molecule has 0 saturated heterocycles. The molecular formula is C27H52O4. The van der Waals surface area contributed by atoms with Crippen molar-refractivity contribution in [3.8, 4) is 0 Å². The van der Waals surface area contributed by atoms with Crippen molar-refractivity contribution in [2.45, 2.75) is 155 Å². The van der Waals surface area contributed by atoms with Gasteiger partial charge in [-0.15, -0.1) is 0 Å². The van der Waals surface area contributed by atoms with Crippen LogP contribution in [0.2, 0.25) is 0 Å². The van der Waals surface area contributed by atoms with Gasteiger partial charge in [0.05, 0.1) is 6.61 Å². The Balaban J connectivity index is 3.35. The van der Waals surface area contributed by atoms with Crippen LogP contribution in [0.3, 0.4) is 0 Å². The third kappa shape index (κ3) is 21.9. The van der Waals surface area contributed by atoms with Crippen LogP contribution in [0.1, 0.15) is 149 Å². The van der Waals surface area contributed by atoms with Crippen molar-refractivity contribution in [2.24, 2.45) is 0 Å². The molecule has 0 spiro atoms. The first-order valence-corrected chi connectivity index (χ1v) is 13.5. The maximum absolute atomic E-state index is 11.8. The van der Waals surface area contributed by atoms with Gasteiger partial charge in [0.2, 0.25) is 0 Å². The maximum Gasteiger partial charge on any atom is 0.306 e. The molecule has 0 N–H and O–H groups in total. The smallest absolute Gasteiger partial charge is 0.306 e. The van der Waals surface area contributed by atoms with Crippen molar-refractivity contribution < 1.29 is 19.1 Å². The molecule has 1 atom stereocenters. The Bertz CT molecular complexity index is 408. The number of ether oxygens (including phenoxy) is 2. The highest BCUT2D eigenvalue weighted by Gasteiger charge is 2.11. The van der Waals surface area contributed by atoms with Gasteiger partial charge >= 0.3 is 11.9 Å². The van der Waals surface area contributed by atoms with Crippen molar-refractivity contribution in [1.29, 1.82) is 0 Å². The van der Waals surface area contributed by atoms with Crippen LogP contribution in [0.4, 0.5) is 0 Å². The Hall–Kier alpha value is -1.06. The highest BCUT2D eigenvalue weighted by molar-refractivity contribution is 5.69. The van der Waals surface area contributed by atoms with Crippen LogP contribution in [0.15, 0.2) is 0 Å². The van der Waals surface area contributed by atoms with E-state index in [-0.39, 0.29) is 18.0 Å². The molecule has 1 unspecified atom stereocenters. The molecular weight excluding hydrogens is 388 g/mol. The van der Waals surface area contributed by atoms with Gasteiger partial charge in [-0.25, -0.2) is 0 Å². The summed E-state index contributed by atoms with van der Waals surface area (Å²) in [5, 5.41) is 0. The number of unbranched alkanes of at least 4 members (excludes halogenated alkanes) is 13. The summed E-state index contributed by atoms with van der Waals surface area (Å²) < 4.78 is 10.8. The lowest BCUT2D eigenvalue weighted by Crippen LogP contribution is -2.16. The zero-order valence-electron chi connectivity index (χ0n) is 21.1. The predicted molar refractivity (Wildman–Crippen MR) is 130 cm³/mol. The molecule has 0 fully saturated rings. The molecule has 4 heteroatoms. The predicted octanol–water partition coefficient (Wildman–Crippen LogP) is 8.30. The largest absolute Gasteiger partial charge is 0.466 e. The van der Waals surface area contributed by atoms with E-state index in [4.69, 9.17) is 9.47 Å². The molecule has 0 saturated carbocycles. The maximum atomic E-state index is 11.8. The summed E-state index contributed by atoms with van der Waals surface area (Å²) >= 11 is 0. The summed E-state index contributed by atoms with van der Waals surface area (Å²) in [6.45, 7) is 7.03. The zero-order chi connectivity index (χ0) is 23.0. The van der Waals surface area contributed by atoms with Crippen molar-refractivity contribution in [2.75, 3.05) is 6.61 Å². The minimum absolute atomic E-state index is 0.0418. The topological polar surface area (TPSA) is 52.6 Å². The molecule has 31 heavy (non-hydrogen) atoms. The van der Waals surface area contributed by atoms with Gasteiger partial charge in [-0.3, -0.25) is 9.59 Å². The lowest BCUT2D eigenvalue weighted by molar-refractivity contribution is -0.149. The van der Waals surface area contributed by atoms with Crippen LogP contribution in [0, 0.1) is 0 Å². The van der Waals surface area contributed by atoms with E-state index in [1.807, 2.05) is 0 Å². The third-order valence-corrected chi connectivity index (χ3v) is 5.89. The van der Waals surface area contributed by atoms with E-state index in [1.54, 1.807) is 0 Å². The van der Waals surface area contributed by atoms with Crippen LogP contribution in [0.5, 0.6) is 0 Å². The Kier molecular flexibility index (Phi) is 22.8. The fraction of sp³-hybridized carbons (Fsp3) is 0.926. The van der Waals surface area contributed by atoms with Crippen LogP contribution in [-0.2, 0) is 19.1 Å². The normalized spacial score (nSPS) is 12.0. The second kappa shape index (κ2) is 23.6. The van der Waals surface area contributed by atoms with Crippen LogP contribution in [0.25, 0.3) is 0 Å². The van der Waals surface area contributed by atoms with Crippen molar-refractivity contribution in [3.63, 3.8) is 0 Å². The molecule has 4 nitrogen and oxygen atoms in total. The number of carbonyl (C=O) groups is 2. The van der Waals surface area contributed by atoms with Crippen molar-refractivity contribution in [1.82, 2.24) is 0 Å². The van der Waals surface area contributed by atoms with E-state index < -0.39 is 0 Å². The van der Waals surface area contributed by atoms with Crippen LogP contribution >= 0.6 is 0 Å². The van der Waals surface area contributed by atoms with Gasteiger partial charge in [-0.05, 0) is 32.1 Å². The average Bonchev–Trinajstić information content (AvgIpc) is 2.76. The third-order valence-electron chi connectivity index (χ3n) is 5.89. The van der Waals surface area contributed by atoms with E-state index >= 15 is 0 Å². The fourth-order valence-electron chi connectivity index (χ4n) is 3.83. The highest BCUT2D eigenvalue weighted by atomic mass is 16.5. The standard InChI is InChI=1S/C27H52O4/c1-4-7-8-9-10-11-14-17-20-24-30-26(28)22-18-15-12-13-16-19-23-27(29)31-25(6-3)21-5-2/h25H,4-24H2,1-3H3. The Morgan fingerprint density at radius 2 is 1.06 bits per heavy atom. The minimum Gasteiger partial charge on any atom is -0.466 e. The number of esters is 2. The molecule has 0 aromatic rings. The summed E-state index contributed by atoms with van der Waals surface area (Å²) in [4.78, 5) is 23.6. The second-order valence-electron chi connectivity index (χ2n) is 8.98. The lowest BCUT2D eigenvalue weighted by atomic mass is 10.1. The summed E-state index contributed by atoms with van der Waals surface area (Å²) in [6, 6.07) is 0. The van der Waals surface area contributed by atoms with E-state index in [2.05, 4.69) is 20.8 Å². The van der Waals surface area contributed by atoms with Gasteiger partial charge in [0.25, 0.3) is 0 Å². The molecule has 0 rings (SSSR count). The average molecular weight is 441 g/mol. The first kappa shape index (κ1) is 29.9. The monoisotopic (exact) mass is 440 g/mol.